The van der Waals surface area contributed by atoms with E-state index in [1.54, 1.807) is 0 Å². The minimum atomic E-state index is -1.52. The van der Waals surface area contributed by atoms with E-state index in [-0.39, 0.29) is 38.6 Å². The second-order valence-corrected chi connectivity index (χ2v) is 19.9. The van der Waals surface area contributed by atoms with Crippen LogP contribution < -0.4 is 0 Å². The van der Waals surface area contributed by atoms with E-state index in [0.717, 1.165) is 116 Å². The van der Waals surface area contributed by atoms with Crippen LogP contribution in [0.25, 0.3) is 0 Å². The van der Waals surface area contributed by atoms with Gasteiger partial charge in [-0.15, -0.1) is 0 Å². The standard InChI is InChI=1S/C63H105NO8/c1-6-8-10-12-14-16-18-20-22-24-25-26-27-28-29-30-31-32-33-34-35-36-37-38-40-42-44-46-48-50-52-54-61(66)72-59(58-71-63(62(67)68)69-56-55-64(3,4)5)57-70-60(65)53-51-49-47-45-43-41-39-23-21-19-17-15-13-11-9-7-2/h8,10,14,16-17,19-20,22-23,25-26,28-29,31-32,34-35,39,59,63H,6-7,9,11-13,15,18,21,24,27,30,33,36-38,40-58H2,1-5H3/p+1/b10-8-,16-14-,19-17-,22-20-,26-25-,29-28-,32-31-,35-34-,39-23-. The van der Waals surface area contributed by atoms with Crippen molar-refractivity contribution in [1.82, 2.24) is 0 Å². The minimum absolute atomic E-state index is 0.179. The second kappa shape index (κ2) is 53.2. The smallest absolute Gasteiger partial charge is 0.361 e. The predicted octanol–water partition coefficient (Wildman–Crippen LogP) is 16.7. The number of carbonyl (C=O) groups is 3. The van der Waals surface area contributed by atoms with Crippen LogP contribution in [0.15, 0.2) is 109 Å². The fraction of sp³-hybridized carbons (Fsp3) is 0.667. The van der Waals surface area contributed by atoms with E-state index in [2.05, 4.69) is 123 Å². The van der Waals surface area contributed by atoms with Crippen molar-refractivity contribution in [3.63, 3.8) is 0 Å². The van der Waals surface area contributed by atoms with Gasteiger partial charge in [0.2, 0.25) is 0 Å². The molecule has 0 radical (unpaired) electrons. The molecule has 0 aromatic heterocycles. The van der Waals surface area contributed by atoms with Crippen LogP contribution in [-0.4, -0.2) is 87.4 Å². The summed E-state index contributed by atoms with van der Waals surface area (Å²) in [5.41, 5.74) is 0. The zero-order valence-electron chi connectivity index (χ0n) is 46.5. The SMILES string of the molecule is CC/C=C\C/C=C\C/C=C\C/C=C\C/C=C\C/C=C\C/C=C\CCCCCCCCCCCC(=O)OC(COC(=O)CCCCCCC/C=C\C/C=C\CCCCCC)COC(OCC[N+](C)(C)C)C(=O)O. The van der Waals surface area contributed by atoms with Crippen LogP contribution in [0.4, 0.5) is 0 Å². The van der Waals surface area contributed by atoms with Crippen molar-refractivity contribution < 1.29 is 42.9 Å². The summed E-state index contributed by atoms with van der Waals surface area (Å²) < 4.78 is 22.8. The first-order valence-electron chi connectivity index (χ1n) is 28.6. The van der Waals surface area contributed by atoms with Gasteiger partial charge in [-0.1, -0.05) is 207 Å². The van der Waals surface area contributed by atoms with Gasteiger partial charge in [-0.2, -0.15) is 0 Å². The maximum Gasteiger partial charge on any atom is 0.361 e. The summed E-state index contributed by atoms with van der Waals surface area (Å²) in [7, 11) is 5.95. The van der Waals surface area contributed by atoms with Gasteiger partial charge < -0.3 is 28.5 Å². The van der Waals surface area contributed by atoms with Gasteiger partial charge >= 0.3 is 17.9 Å². The number of likely N-dealkylation sites (N-methyl/N-ethyl adjacent to an activating group) is 1. The van der Waals surface area contributed by atoms with Crippen LogP contribution in [0.3, 0.4) is 0 Å². The first-order chi connectivity index (χ1) is 35.1. The molecule has 0 heterocycles. The molecule has 72 heavy (non-hydrogen) atoms. The number of ether oxygens (including phenoxy) is 4. The average Bonchev–Trinajstić information content (AvgIpc) is 3.35. The number of quaternary nitrogens is 1. The number of nitrogens with zero attached hydrogens (tertiary/aromatic N) is 1. The van der Waals surface area contributed by atoms with Crippen molar-refractivity contribution in [1.29, 1.82) is 0 Å². The molecule has 9 nitrogen and oxygen atoms in total. The number of carbonyl (C=O) groups excluding carboxylic acids is 2. The number of unbranched alkanes of at least 4 members (excludes halogenated alkanes) is 18. The van der Waals surface area contributed by atoms with Crippen LogP contribution in [0.5, 0.6) is 0 Å². The average molecular weight is 1010 g/mol. The van der Waals surface area contributed by atoms with Gasteiger partial charge in [0.05, 0.1) is 34.4 Å². The molecule has 0 saturated carbocycles. The lowest BCUT2D eigenvalue weighted by Crippen LogP contribution is -2.40. The Morgan fingerprint density at radius 2 is 0.792 bits per heavy atom. The highest BCUT2D eigenvalue weighted by molar-refractivity contribution is 5.71. The third-order valence-electron chi connectivity index (χ3n) is 11.8. The van der Waals surface area contributed by atoms with Gasteiger partial charge in [0.15, 0.2) is 6.10 Å². The molecule has 1 N–H and O–H groups in total. The molecule has 0 aromatic rings. The van der Waals surface area contributed by atoms with Gasteiger partial charge in [-0.05, 0) is 103 Å². The van der Waals surface area contributed by atoms with E-state index in [1.807, 2.05) is 21.1 Å². The molecule has 0 fully saturated rings. The maximum absolute atomic E-state index is 12.9. The number of carboxylic acid groups (broad SMARTS) is 1. The van der Waals surface area contributed by atoms with Gasteiger partial charge in [-0.3, -0.25) is 9.59 Å². The highest BCUT2D eigenvalue weighted by Crippen LogP contribution is 2.14. The van der Waals surface area contributed by atoms with E-state index in [1.165, 1.54) is 64.2 Å². The summed E-state index contributed by atoms with van der Waals surface area (Å²) in [5.74, 6) is -2.04. The Balaban J connectivity index is 4.28. The zero-order valence-corrected chi connectivity index (χ0v) is 46.5. The number of rotatable bonds is 51. The second-order valence-electron chi connectivity index (χ2n) is 19.9. The molecule has 0 aromatic carbocycles. The molecular formula is C63H106NO8+. The Morgan fingerprint density at radius 3 is 1.18 bits per heavy atom. The summed E-state index contributed by atoms with van der Waals surface area (Å²) in [6.07, 6.45) is 70.2. The zero-order chi connectivity index (χ0) is 52.7. The minimum Gasteiger partial charge on any atom is -0.477 e. The number of aliphatic carboxylic acids is 1. The summed E-state index contributed by atoms with van der Waals surface area (Å²) >= 11 is 0. The highest BCUT2D eigenvalue weighted by Gasteiger charge is 2.25. The van der Waals surface area contributed by atoms with Gasteiger partial charge in [0.25, 0.3) is 6.29 Å². The Morgan fingerprint density at radius 1 is 0.431 bits per heavy atom. The molecule has 2 unspecified atom stereocenters. The van der Waals surface area contributed by atoms with E-state index in [4.69, 9.17) is 18.9 Å². The largest absolute Gasteiger partial charge is 0.477 e. The molecule has 2 atom stereocenters. The molecule has 9 heteroatoms. The molecule has 0 aliphatic carbocycles. The molecule has 0 aliphatic rings. The first-order valence-corrected chi connectivity index (χ1v) is 28.6. The Hall–Kier alpha value is -4.05. The summed E-state index contributed by atoms with van der Waals surface area (Å²) in [6, 6.07) is 0. The molecule has 410 valence electrons. The molecule has 0 aliphatic heterocycles. The Kier molecular flexibility index (Phi) is 50.3. The van der Waals surface area contributed by atoms with E-state index in [0.29, 0.717) is 17.4 Å². The lowest BCUT2D eigenvalue weighted by Gasteiger charge is -2.25. The number of carboxylic acids is 1. The van der Waals surface area contributed by atoms with Gasteiger partial charge in [-0.25, -0.2) is 4.79 Å². The predicted molar refractivity (Wildman–Crippen MR) is 304 cm³/mol. The summed E-state index contributed by atoms with van der Waals surface area (Å²) in [5, 5.41) is 9.69. The van der Waals surface area contributed by atoms with Gasteiger partial charge in [0, 0.05) is 12.8 Å². The lowest BCUT2D eigenvalue weighted by molar-refractivity contribution is -0.870. The van der Waals surface area contributed by atoms with Crippen molar-refractivity contribution in [2.75, 3.05) is 47.5 Å². The van der Waals surface area contributed by atoms with Crippen LogP contribution in [0.1, 0.15) is 213 Å². The van der Waals surface area contributed by atoms with E-state index >= 15 is 0 Å². The maximum atomic E-state index is 12.9. The molecule has 0 amide bonds. The van der Waals surface area contributed by atoms with Crippen LogP contribution in [-0.2, 0) is 33.3 Å². The highest BCUT2D eigenvalue weighted by atomic mass is 16.7. The van der Waals surface area contributed by atoms with Gasteiger partial charge in [0.1, 0.15) is 13.2 Å². The van der Waals surface area contributed by atoms with E-state index < -0.39 is 24.3 Å². The normalized spacial score (nSPS) is 13.6. The Bertz CT molecular complexity index is 1540. The quantitative estimate of drug-likeness (QED) is 0.0211. The van der Waals surface area contributed by atoms with Crippen LogP contribution >= 0.6 is 0 Å². The summed E-state index contributed by atoms with van der Waals surface area (Å²) in [4.78, 5) is 37.4. The van der Waals surface area contributed by atoms with Crippen molar-refractivity contribution in [3.8, 4) is 0 Å². The van der Waals surface area contributed by atoms with Crippen molar-refractivity contribution >= 4 is 17.9 Å². The van der Waals surface area contributed by atoms with Crippen molar-refractivity contribution in [2.45, 2.75) is 225 Å². The molecule has 0 rings (SSSR count). The van der Waals surface area contributed by atoms with Crippen molar-refractivity contribution in [2.24, 2.45) is 0 Å². The van der Waals surface area contributed by atoms with E-state index in [9.17, 15) is 19.5 Å². The lowest BCUT2D eigenvalue weighted by atomic mass is 10.1. The molecule has 0 bridgehead atoms. The Labute approximate surface area is 441 Å². The topological polar surface area (TPSA) is 108 Å². The number of hydrogen-bond acceptors (Lipinski definition) is 7. The number of allylic oxidation sites excluding steroid dienone is 18. The monoisotopic (exact) mass is 1000 g/mol. The molecular weight excluding hydrogens is 899 g/mol. The molecule has 0 spiro atoms. The van der Waals surface area contributed by atoms with Crippen LogP contribution in [0, 0.1) is 0 Å². The number of esters is 2. The fourth-order valence-corrected chi connectivity index (χ4v) is 7.38. The van der Waals surface area contributed by atoms with Crippen molar-refractivity contribution in [3.05, 3.63) is 109 Å². The third-order valence-corrected chi connectivity index (χ3v) is 11.8. The van der Waals surface area contributed by atoms with Crippen LogP contribution in [0.2, 0.25) is 0 Å². The number of hydrogen-bond donors (Lipinski definition) is 1. The third kappa shape index (κ3) is 53.7. The molecule has 0 saturated heterocycles. The summed E-state index contributed by atoms with van der Waals surface area (Å²) in [6.45, 7) is 4.71. The first kappa shape index (κ1) is 68.0. The fourth-order valence-electron chi connectivity index (χ4n) is 7.38.